The highest BCUT2D eigenvalue weighted by Crippen LogP contribution is 2.36. The van der Waals surface area contributed by atoms with Crippen molar-refractivity contribution in [3.63, 3.8) is 0 Å². The number of rotatable bonds is 6. The van der Waals surface area contributed by atoms with Crippen LogP contribution in [0.25, 0.3) is 15.8 Å². The van der Waals surface area contributed by atoms with Crippen molar-refractivity contribution in [2.45, 2.75) is 19.3 Å². The number of piperidine rings is 1. The minimum Gasteiger partial charge on any atom is -0.494 e. The number of nitrogens with zero attached hydrogens (tertiary/aromatic N) is 3. The van der Waals surface area contributed by atoms with E-state index in [-0.39, 0.29) is 11.8 Å². The van der Waals surface area contributed by atoms with Crippen molar-refractivity contribution in [1.82, 2.24) is 14.9 Å². The minimum absolute atomic E-state index is 0.0743. The molecular weight excluding hydrogens is 456 g/mol. The number of aromatic hydroxyl groups is 1. The molecule has 0 unspecified atom stereocenters. The summed E-state index contributed by atoms with van der Waals surface area (Å²) in [6.45, 7) is 2.74. The third kappa shape index (κ3) is 4.56. The van der Waals surface area contributed by atoms with E-state index in [1.807, 2.05) is 36.8 Å². The maximum atomic E-state index is 12.7. The maximum absolute atomic E-state index is 12.7. The van der Waals surface area contributed by atoms with Gasteiger partial charge in [0.05, 0.1) is 15.3 Å². The Bertz CT molecular complexity index is 1260. The molecule has 1 saturated heterocycles. The average Bonchev–Trinajstić information content (AvgIpc) is 3.46. The van der Waals surface area contributed by atoms with Gasteiger partial charge in [0.1, 0.15) is 5.00 Å². The highest BCUT2D eigenvalue weighted by molar-refractivity contribution is 7.16. The van der Waals surface area contributed by atoms with Crippen LogP contribution in [0.1, 0.15) is 28.9 Å². The largest absolute Gasteiger partial charge is 0.494 e. The molecule has 3 aromatic heterocycles. The second kappa shape index (κ2) is 9.45. The highest BCUT2D eigenvalue weighted by Gasteiger charge is 2.20. The van der Waals surface area contributed by atoms with Crippen LogP contribution in [0, 0.1) is 5.92 Å². The molecule has 33 heavy (non-hydrogen) atoms. The molecule has 1 amide bonds. The van der Waals surface area contributed by atoms with Crippen LogP contribution in [0.2, 0.25) is 5.02 Å². The van der Waals surface area contributed by atoms with Crippen molar-refractivity contribution in [3.8, 4) is 10.9 Å². The Labute approximate surface area is 201 Å². The van der Waals surface area contributed by atoms with E-state index in [4.69, 9.17) is 11.6 Å². The number of aromatic nitrogens is 2. The molecular formula is C25H25ClN4O2S. The first-order valence-corrected chi connectivity index (χ1v) is 12.3. The Morgan fingerprint density at radius 2 is 1.94 bits per heavy atom. The van der Waals surface area contributed by atoms with Gasteiger partial charge in [-0.25, -0.2) is 0 Å². The smallest absolute Gasteiger partial charge is 0.261 e. The molecule has 1 aliphatic heterocycles. The summed E-state index contributed by atoms with van der Waals surface area (Å²) in [7, 11) is 0. The Hall–Kier alpha value is -3.03. The van der Waals surface area contributed by atoms with E-state index >= 15 is 0 Å². The summed E-state index contributed by atoms with van der Waals surface area (Å²) in [6, 6.07) is 13.3. The van der Waals surface area contributed by atoms with Gasteiger partial charge in [0.15, 0.2) is 0 Å². The highest BCUT2D eigenvalue weighted by atomic mass is 35.5. The normalized spacial score (nSPS) is 14.6. The zero-order chi connectivity index (χ0) is 22.8. The molecule has 4 aromatic rings. The Balaban J connectivity index is 1.15. The van der Waals surface area contributed by atoms with Gasteiger partial charge in [-0.2, -0.15) is 0 Å². The summed E-state index contributed by atoms with van der Waals surface area (Å²) in [5.74, 6) is 0.633. The second-order valence-corrected chi connectivity index (χ2v) is 9.81. The molecule has 0 saturated carbocycles. The lowest BCUT2D eigenvalue weighted by atomic mass is 9.93. The van der Waals surface area contributed by atoms with E-state index in [0.29, 0.717) is 27.7 Å². The molecule has 6 nitrogen and oxygen atoms in total. The molecule has 1 aromatic carbocycles. The number of fused-ring (bicyclic) bond motifs is 1. The number of benzene rings is 1. The van der Waals surface area contributed by atoms with Crippen molar-refractivity contribution in [3.05, 3.63) is 71.0 Å². The summed E-state index contributed by atoms with van der Waals surface area (Å²) in [5, 5.41) is 16.4. The first-order valence-electron chi connectivity index (χ1n) is 11.1. The van der Waals surface area contributed by atoms with Gasteiger partial charge in [-0.3, -0.25) is 14.3 Å². The molecule has 1 aliphatic rings. The summed E-state index contributed by atoms with van der Waals surface area (Å²) in [6.07, 6.45) is 8.75. The molecule has 0 bridgehead atoms. The molecule has 5 rings (SSSR count). The number of anilines is 1. The van der Waals surface area contributed by atoms with Gasteiger partial charge in [-0.05, 0) is 55.5 Å². The third-order valence-corrected chi connectivity index (χ3v) is 7.70. The van der Waals surface area contributed by atoms with Crippen LogP contribution < -0.4 is 10.2 Å². The fourth-order valence-corrected chi connectivity index (χ4v) is 5.63. The second-order valence-electron chi connectivity index (χ2n) is 8.35. The van der Waals surface area contributed by atoms with Gasteiger partial charge in [-0.15, -0.1) is 11.3 Å². The van der Waals surface area contributed by atoms with Gasteiger partial charge in [-0.1, -0.05) is 23.7 Å². The maximum Gasteiger partial charge on any atom is 0.261 e. The van der Waals surface area contributed by atoms with Crippen LogP contribution in [0.4, 0.5) is 5.69 Å². The van der Waals surface area contributed by atoms with E-state index in [1.165, 1.54) is 17.0 Å². The van der Waals surface area contributed by atoms with Crippen LogP contribution in [0.3, 0.4) is 0 Å². The van der Waals surface area contributed by atoms with E-state index < -0.39 is 0 Å². The fourth-order valence-electron chi connectivity index (χ4n) is 4.46. The van der Waals surface area contributed by atoms with Crippen molar-refractivity contribution < 1.29 is 9.90 Å². The van der Waals surface area contributed by atoms with Crippen LogP contribution >= 0.6 is 22.9 Å². The number of halogens is 1. The van der Waals surface area contributed by atoms with Crippen molar-refractivity contribution in [2.75, 3.05) is 24.5 Å². The Morgan fingerprint density at radius 3 is 2.70 bits per heavy atom. The quantitative estimate of drug-likeness (QED) is 0.383. The molecule has 2 N–H and O–H groups in total. The van der Waals surface area contributed by atoms with Crippen LogP contribution in [-0.4, -0.2) is 40.2 Å². The minimum atomic E-state index is -0.0743. The van der Waals surface area contributed by atoms with Gasteiger partial charge in [0, 0.05) is 49.3 Å². The monoisotopic (exact) mass is 480 g/mol. The van der Waals surface area contributed by atoms with E-state index in [0.717, 1.165) is 42.7 Å². The molecule has 1 fully saturated rings. The topological polar surface area (TPSA) is 70.4 Å². The van der Waals surface area contributed by atoms with E-state index in [2.05, 4.69) is 27.3 Å². The van der Waals surface area contributed by atoms with E-state index in [9.17, 15) is 9.90 Å². The van der Waals surface area contributed by atoms with Crippen molar-refractivity contribution in [2.24, 2.45) is 5.92 Å². The van der Waals surface area contributed by atoms with Gasteiger partial charge < -0.3 is 15.3 Å². The van der Waals surface area contributed by atoms with Crippen LogP contribution in [0.15, 0.2) is 61.1 Å². The zero-order valence-electron chi connectivity index (χ0n) is 18.1. The average molecular weight is 481 g/mol. The third-order valence-electron chi connectivity index (χ3n) is 6.30. The molecule has 0 spiro atoms. The molecule has 8 heteroatoms. The first kappa shape index (κ1) is 21.8. The van der Waals surface area contributed by atoms with Gasteiger partial charge in [0.25, 0.3) is 5.91 Å². The number of carbonyl (C=O) groups is 1. The molecule has 0 atom stereocenters. The molecule has 0 radical (unpaired) electrons. The summed E-state index contributed by atoms with van der Waals surface area (Å²) in [5.41, 5.74) is 1.23. The fraction of sp³-hybridized carbons (Fsp3) is 0.280. The predicted molar refractivity (Wildman–Crippen MR) is 134 cm³/mol. The SMILES string of the molecule is O=C(NCCC1CCN(c2ccncc2)CC1)c1ccc(-n2cc3cccc(Cl)c3c2O)s1. The number of hydrogen-bond acceptors (Lipinski definition) is 5. The summed E-state index contributed by atoms with van der Waals surface area (Å²) >= 11 is 7.59. The lowest BCUT2D eigenvalue weighted by molar-refractivity contribution is 0.0954. The number of pyridine rings is 1. The molecule has 4 heterocycles. The molecule has 170 valence electrons. The lowest BCUT2D eigenvalue weighted by Gasteiger charge is -2.33. The van der Waals surface area contributed by atoms with E-state index in [1.54, 1.807) is 16.7 Å². The van der Waals surface area contributed by atoms with Gasteiger partial charge in [0.2, 0.25) is 5.88 Å². The zero-order valence-corrected chi connectivity index (χ0v) is 19.6. The summed E-state index contributed by atoms with van der Waals surface area (Å²) in [4.78, 5) is 19.8. The Morgan fingerprint density at radius 1 is 1.15 bits per heavy atom. The molecule has 0 aliphatic carbocycles. The van der Waals surface area contributed by atoms with Gasteiger partial charge >= 0.3 is 0 Å². The van der Waals surface area contributed by atoms with Crippen LogP contribution in [0.5, 0.6) is 5.88 Å². The number of hydrogen-bond donors (Lipinski definition) is 2. The van der Waals surface area contributed by atoms with Crippen molar-refractivity contribution in [1.29, 1.82) is 0 Å². The number of carbonyl (C=O) groups excluding carboxylic acids is 1. The first-order chi connectivity index (χ1) is 16.1. The Kier molecular flexibility index (Phi) is 6.24. The predicted octanol–water partition coefficient (Wildman–Crippen LogP) is 5.48. The lowest BCUT2D eigenvalue weighted by Crippen LogP contribution is -2.35. The van der Waals surface area contributed by atoms with Crippen molar-refractivity contribution >= 4 is 45.3 Å². The van der Waals surface area contributed by atoms with Crippen LogP contribution in [-0.2, 0) is 0 Å². The standard InChI is InChI=1S/C25H25ClN4O2S/c26-20-3-1-2-18-16-30(25(32)23(18)20)22-5-4-21(33-22)24(31)28-13-6-17-9-14-29(15-10-17)19-7-11-27-12-8-19/h1-5,7-8,11-12,16-17,32H,6,9-10,13-15H2,(H,28,31). The number of thiophene rings is 1. The summed E-state index contributed by atoms with van der Waals surface area (Å²) < 4.78 is 1.68. The number of nitrogens with one attached hydrogen (secondary N) is 1. The number of amides is 1.